The van der Waals surface area contributed by atoms with Crippen LogP contribution in [-0.2, 0) is 6.42 Å². The number of carbonyl (C=O) groups is 1. The second-order valence-electron chi connectivity index (χ2n) is 6.69. The zero-order valence-electron chi connectivity index (χ0n) is 12.8. The monoisotopic (exact) mass is 283 g/mol. The summed E-state index contributed by atoms with van der Waals surface area (Å²) in [5, 5.41) is 3.17. The molecule has 1 aliphatic carbocycles. The molecule has 0 aliphatic heterocycles. The molecule has 0 bridgehead atoms. The SMILES string of the molecule is Cc1ccccc1C(=O)NC1CC(C)(C)Cc2occc21. The van der Waals surface area contributed by atoms with E-state index in [0.717, 1.165) is 35.3 Å². The third kappa shape index (κ3) is 2.73. The van der Waals surface area contributed by atoms with Crippen molar-refractivity contribution in [2.45, 2.75) is 39.7 Å². The van der Waals surface area contributed by atoms with Gasteiger partial charge in [0.1, 0.15) is 5.76 Å². The van der Waals surface area contributed by atoms with E-state index in [1.165, 1.54) is 0 Å². The minimum atomic E-state index is -0.0112. The number of fused-ring (bicyclic) bond motifs is 1. The number of hydrogen-bond donors (Lipinski definition) is 1. The van der Waals surface area contributed by atoms with Crippen molar-refractivity contribution in [2.75, 3.05) is 0 Å². The molecular weight excluding hydrogens is 262 g/mol. The molecule has 3 rings (SSSR count). The molecule has 21 heavy (non-hydrogen) atoms. The lowest BCUT2D eigenvalue weighted by atomic mass is 9.74. The average Bonchev–Trinajstić information content (AvgIpc) is 2.85. The second kappa shape index (κ2) is 5.06. The van der Waals surface area contributed by atoms with Gasteiger partial charge in [0.25, 0.3) is 5.91 Å². The Morgan fingerprint density at radius 3 is 2.81 bits per heavy atom. The topological polar surface area (TPSA) is 42.2 Å². The van der Waals surface area contributed by atoms with Crippen LogP contribution in [0.1, 0.15) is 53.6 Å². The van der Waals surface area contributed by atoms with Gasteiger partial charge in [0.2, 0.25) is 0 Å². The van der Waals surface area contributed by atoms with E-state index in [9.17, 15) is 4.79 Å². The van der Waals surface area contributed by atoms with E-state index in [0.29, 0.717) is 0 Å². The molecule has 0 spiro atoms. The lowest BCUT2D eigenvalue weighted by Crippen LogP contribution is -2.36. The van der Waals surface area contributed by atoms with Crippen LogP contribution in [0.4, 0.5) is 0 Å². The molecule has 1 heterocycles. The highest BCUT2D eigenvalue weighted by molar-refractivity contribution is 5.95. The molecule has 1 amide bonds. The fourth-order valence-electron chi connectivity index (χ4n) is 3.17. The van der Waals surface area contributed by atoms with Gasteiger partial charge in [-0.25, -0.2) is 0 Å². The Balaban J connectivity index is 1.86. The van der Waals surface area contributed by atoms with E-state index in [4.69, 9.17) is 4.42 Å². The van der Waals surface area contributed by atoms with Crippen molar-refractivity contribution in [1.82, 2.24) is 5.32 Å². The van der Waals surface area contributed by atoms with Gasteiger partial charge in [-0.3, -0.25) is 4.79 Å². The number of benzene rings is 1. The van der Waals surface area contributed by atoms with E-state index >= 15 is 0 Å². The van der Waals surface area contributed by atoms with Gasteiger partial charge in [-0.15, -0.1) is 0 Å². The summed E-state index contributed by atoms with van der Waals surface area (Å²) < 4.78 is 5.58. The molecule has 1 unspecified atom stereocenters. The number of furan rings is 1. The van der Waals surface area contributed by atoms with Crippen LogP contribution in [0.2, 0.25) is 0 Å². The first-order valence-electron chi connectivity index (χ1n) is 7.39. The summed E-state index contributed by atoms with van der Waals surface area (Å²) in [6.45, 7) is 6.39. The van der Waals surface area contributed by atoms with Crippen molar-refractivity contribution in [3.8, 4) is 0 Å². The van der Waals surface area contributed by atoms with Gasteiger partial charge in [-0.1, -0.05) is 32.0 Å². The fourth-order valence-corrected chi connectivity index (χ4v) is 3.17. The normalized spacial score (nSPS) is 19.9. The molecule has 1 atom stereocenters. The number of rotatable bonds is 2. The number of carbonyl (C=O) groups excluding carboxylic acids is 1. The zero-order valence-corrected chi connectivity index (χ0v) is 12.8. The van der Waals surface area contributed by atoms with Crippen molar-refractivity contribution >= 4 is 5.91 Å². The quantitative estimate of drug-likeness (QED) is 0.904. The summed E-state index contributed by atoms with van der Waals surface area (Å²) in [4.78, 5) is 12.5. The van der Waals surface area contributed by atoms with Crippen molar-refractivity contribution in [1.29, 1.82) is 0 Å². The molecule has 0 saturated carbocycles. The minimum Gasteiger partial charge on any atom is -0.469 e. The summed E-state index contributed by atoms with van der Waals surface area (Å²) in [7, 11) is 0. The van der Waals surface area contributed by atoms with Crippen LogP contribution in [0, 0.1) is 12.3 Å². The molecule has 3 nitrogen and oxygen atoms in total. The second-order valence-corrected chi connectivity index (χ2v) is 6.69. The van der Waals surface area contributed by atoms with Gasteiger partial charge in [0.05, 0.1) is 12.3 Å². The van der Waals surface area contributed by atoms with E-state index < -0.39 is 0 Å². The van der Waals surface area contributed by atoms with Crippen LogP contribution in [0.15, 0.2) is 41.0 Å². The molecule has 0 saturated heterocycles. The highest BCUT2D eigenvalue weighted by Crippen LogP contribution is 2.41. The highest BCUT2D eigenvalue weighted by Gasteiger charge is 2.35. The summed E-state index contributed by atoms with van der Waals surface area (Å²) in [6, 6.07) is 9.68. The van der Waals surface area contributed by atoms with Crippen molar-refractivity contribution in [2.24, 2.45) is 5.41 Å². The molecule has 0 fully saturated rings. The number of hydrogen-bond acceptors (Lipinski definition) is 2. The largest absolute Gasteiger partial charge is 0.469 e. The molecule has 3 heteroatoms. The molecule has 1 aromatic carbocycles. The number of amides is 1. The van der Waals surface area contributed by atoms with E-state index in [1.54, 1.807) is 6.26 Å². The predicted octanol–water partition coefficient (Wildman–Crippen LogP) is 4.03. The maximum atomic E-state index is 12.5. The Hall–Kier alpha value is -2.03. The summed E-state index contributed by atoms with van der Waals surface area (Å²) in [5.41, 5.74) is 2.99. The molecule has 0 radical (unpaired) electrons. The lowest BCUT2D eigenvalue weighted by Gasteiger charge is -2.34. The standard InChI is InChI=1S/C18H21NO2/c1-12-6-4-5-7-13(12)17(20)19-15-10-18(2,3)11-16-14(15)8-9-21-16/h4-9,15H,10-11H2,1-3H3,(H,19,20). The van der Waals surface area contributed by atoms with Crippen LogP contribution in [0.3, 0.4) is 0 Å². The molecule has 2 aromatic rings. The molecule has 1 aliphatic rings. The Morgan fingerprint density at radius 1 is 1.29 bits per heavy atom. The van der Waals surface area contributed by atoms with Gasteiger partial charge in [-0.2, -0.15) is 0 Å². The maximum Gasteiger partial charge on any atom is 0.252 e. The Morgan fingerprint density at radius 2 is 2.05 bits per heavy atom. The number of nitrogens with one attached hydrogen (secondary N) is 1. The first-order chi connectivity index (χ1) is 9.96. The molecular formula is C18H21NO2. The summed E-state index contributed by atoms with van der Waals surface area (Å²) >= 11 is 0. The van der Waals surface area contributed by atoms with Crippen molar-refractivity contribution in [3.05, 3.63) is 59.0 Å². The summed E-state index contributed by atoms with van der Waals surface area (Å²) in [6.07, 6.45) is 3.57. The van der Waals surface area contributed by atoms with E-state index in [1.807, 2.05) is 37.3 Å². The smallest absolute Gasteiger partial charge is 0.252 e. The van der Waals surface area contributed by atoms with Gasteiger partial charge < -0.3 is 9.73 Å². The summed E-state index contributed by atoms with van der Waals surface area (Å²) in [5.74, 6) is 0.990. The van der Waals surface area contributed by atoms with Gasteiger partial charge >= 0.3 is 0 Å². The predicted molar refractivity (Wildman–Crippen MR) is 82.2 cm³/mol. The van der Waals surface area contributed by atoms with Crippen LogP contribution in [0.25, 0.3) is 0 Å². The first-order valence-corrected chi connectivity index (χ1v) is 7.39. The highest BCUT2D eigenvalue weighted by atomic mass is 16.3. The lowest BCUT2D eigenvalue weighted by molar-refractivity contribution is 0.0916. The van der Waals surface area contributed by atoms with E-state index in [2.05, 4.69) is 19.2 Å². The van der Waals surface area contributed by atoms with Gasteiger partial charge in [0, 0.05) is 17.5 Å². The first kappa shape index (κ1) is 13.9. The molecule has 1 aromatic heterocycles. The third-order valence-electron chi connectivity index (χ3n) is 4.25. The number of aryl methyl sites for hydroxylation is 1. The van der Waals surface area contributed by atoms with Gasteiger partial charge in [-0.05, 0) is 36.5 Å². The Bertz CT molecular complexity index is 669. The van der Waals surface area contributed by atoms with Crippen LogP contribution < -0.4 is 5.32 Å². The molecule has 110 valence electrons. The zero-order chi connectivity index (χ0) is 15.0. The molecule has 1 N–H and O–H groups in total. The van der Waals surface area contributed by atoms with Crippen molar-refractivity contribution < 1.29 is 9.21 Å². The Kier molecular flexibility index (Phi) is 3.36. The Labute approximate surface area is 125 Å². The van der Waals surface area contributed by atoms with Gasteiger partial charge in [0.15, 0.2) is 0 Å². The van der Waals surface area contributed by atoms with Crippen LogP contribution in [0.5, 0.6) is 0 Å². The minimum absolute atomic E-state index is 0.0112. The third-order valence-corrected chi connectivity index (χ3v) is 4.25. The average molecular weight is 283 g/mol. The fraction of sp³-hybridized carbons (Fsp3) is 0.389. The van der Waals surface area contributed by atoms with Crippen LogP contribution >= 0.6 is 0 Å². The van der Waals surface area contributed by atoms with E-state index in [-0.39, 0.29) is 17.4 Å². The maximum absolute atomic E-state index is 12.5. The van der Waals surface area contributed by atoms with Crippen LogP contribution in [-0.4, -0.2) is 5.91 Å². The van der Waals surface area contributed by atoms with Crippen molar-refractivity contribution in [3.63, 3.8) is 0 Å².